The van der Waals surface area contributed by atoms with Gasteiger partial charge >= 0.3 is 5.97 Å². The molecule has 1 atom stereocenters. The van der Waals surface area contributed by atoms with Crippen LogP contribution in [0.25, 0.3) is 16.6 Å². The number of nitrogens with one attached hydrogen (secondary N) is 1. The summed E-state index contributed by atoms with van der Waals surface area (Å²) >= 11 is -2.19. The van der Waals surface area contributed by atoms with Crippen LogP contribution in [-0.4, -0.2) is 41.8 Å². The first kappa shape index (κ1) is 25.0. The summed E-state index contributed by atoms with van der Waals surface area (Å²) in [7, 11) is 0. The fraction of sp³-hybridized carbons (Fsp3) is 0.458. The monoisotopic (exact) mass is 471 g/mol. The number of esters is 1. The van der Waals surface area contributed by atoms with Crippen molar-refractivity contribution in [2.75, 3.05) is 12.5 Å². The van der Waals surface area contributed by atoms with Crippen molar-refractivity contribution in [1.82, 2.24) is 19.9 Å². The Kier molecular flexibility index (Phi) is 9.11. The quantitative estimate of drug-likeness (QED) is 0.245. The van der Waals surface area contributed by atoms with Gasteiger partial charge in [-0.3, -0.25) is 14.0 Å². The van der Waals surface area contributed by atoms with Crippen molar-refractivity contribution in [2.45, 2.75) is 59.4 Å². The Morgan fingerprint density at radius 2 is 2.06 bits per heavy atom. The number of carbonyl (C=O) groups excluding carboxylic acids is 1. The minimum Gasteiger partial charge on any atom is -0.771 e. The zero-order chi connectivity index (χ0) is 23.8. The second-order valence-corrected chi connectivity index (χ2v) is 8.81. The Hall–Kier alpha value is -2.62. The van der Waals surface area contributed by atoms with E-state index in [2.05, 4.69) is 35.4 Å². The molecule has 33 heavy (non-hydrogen) atoms. The van der Waals surface area contributed by atoms with Gasteiger partial charge in [-0.1, -0.05) is 6.92 Å². The molecule has 0 radical (unpaired) electrons. The molecule has 1 unspecified atom stereocenters. The van der Waals surface area contributed by atoms with Crippen molar-refractivity contribution in [3.63, 3.8) is 0 Å². The van der Waals surface area contributed by atoms with Crippen LogP contribution in [0.4, 0.5) is 0 Å². The molecule has 0 saturated carbocycles. The van der Waals surface area contributed by atoms with Gasteiger partial charge in [0, 0.05) is 42.2 Å². The lowest BCUT2D eigenvalue weighted by atomic mass is 9.94. The highest BCUT2D eigenvalue weighted by Gasteiger charge is 2.19. The summed E-state index contributed by atoms with van der Waals surface area (Å²) in [5, 5.41) is 7.87. The minimum atomic E-state index is -2.19. The average Bonchev–Trinajstić information content (AvgIpc) is 3.19. The molecule has 1 N–H and O–H groups in total. The summed E-state index contributed by atoms with van der Waals surface area (Å²) in [5.41, 5.74) is 7.02. The molecular weight excluding hydrogens is 440 g/mol. The standard InChI is InChI=1S/C24H32N4O4S/c1-4-19-10-11-22-24(18-12-17(3)13-25-14-18)20(8-6-7-9-23(29)32-5-2)21(27-28(19)22)15-26-16-33(30)31/h10-14,26H,4-9,15-16H2,1-3H3,(H,30,31)/p-1. The lowest BCUT2D eigenvalue weighted by Crippen LogP contribution is -2.21. The van der Waals surface area contributed by atoms with Gasteiger partial charge in [0.1, 0.15) is 0 Å². The lowest BCUT2D eigenvalue weighted by Gasteiger charge is -2.18. The van der Waals surface area contributed by atoms with Crippen LogP contribution in [-0.2, 0) is 40.0 Å². The Morgan fingerprint density at radius 3 is 2.76 bits per heavy atom. The van der Waals surface area contributed by atoms with E-state index < -0.39 is 11.1 Å². The molecular formula is C24H31N4O4S-. The van der Waals surface area contributed by atoms with Gasteiger partial charge in [-0.25, -0.2) is 4.52 Å². The molecule has 9 heteroatoms. The Labute approximate surface area is 197 Å². The van der Waals surface area contributed by atoms with Crippen molar-refractivity contribution in [2.24, 2.45) is 0 Å². The summed E-state index contributed by atoms with van der Waals surface area (Å²) in [6.07, 6.45) is 7.06. The summed E-state index contributed by atoms with van der Waals surface area (Å²) in [6.45, 7) is 6.60. The zero-order valence-electron chi connectivity index (χ0n) is 19.4. The smallest absolute Gasteiger partial charge is 0.305 e. The van der Waals surface area contributed by atoms with Crippen molar-refractivity contribution in [3.8, 4) is 11.1 Å². The highest BCUT2D eigenvalue weighted by molar-refractivity contribution is 7.79. The van der Waals surface area contributed by atoms with Gasteiger partial charge in [0.05, 0.1) is 23.7 Å². The van der Waals surface area contributed by atoms with Gasteiger partial charge in [-0.05, 0) is 79.9 Å². The molecule has 3 rings (SSSR count). The molecule has 3 aromatic heterocycles. The van der Waals surface area contributed by atoms with Crippen molar-refractivity contribution in [1.29, 1.82) is 0 Å². The van der Waals surface area contributed by atoms with Crippen LogP contribution in [0.15, 0.2) is 30.6 Å². The van der Waals surface area contributed by atoms with Crippen molar-refractivity contribution < 1.29 is 18.3 Å². The van der Waals surface area contributed by atoms with Gasteiger partial charge in [-0.15, -0.1) is 0 Å². The third kappa shape index (κ3) is 6.46. The first-order valence-electron chi connectivity index (χ1n) is 11.3. The second-order valence-electron chi connectivity index (χ2n) is 7.91. The average molecular weight is 472 g/mol. The Morgan fingerprint density at radius 1 is 1.24 bits per heavy atom. The molecule has 0 aromatic carbocycles. The van der Waals surface area contributed by atoms with E-state index in [0.29, 0.717) is 32.4 Å². The van der Waals surface area contributed by atoms with E-state index in [9.17, 15) is 13.6 Å². The molecule has 3 aromatic rings. The molecule has 0 saturated heterocycles. The van der Waals surface area contributed by atoms with E-state index in [4.69, 9.17) is 9.84 Å². The summed E-state index contributed by atoms with van der Waals surface area (Å²) in [4.78, 5) is 16.2. The number of aromatic nitrogens is 3. The summed E-state index contributed by atoms with van der Waals surface area (Å²) in [6, 6.07) is 6.26. The number of nitrogens with zero attached hydrogens (tertiary/aromatic N) is 3. The maximum atomic E-state index is 11.7. The Balaban J connectivity index is 2.05. The minimum absolute atomic E-state index is 0.143. The number of hydrogen-bond acceptors (Lipinski definition) is 7. The fourth-order valence-corrected chi connectivity index (χ4v) is 4.28. The van der Waals surface area contributed by atoms with Crippen LogP contribution in [0.3, 0.4) is 0 Å². The summed E-state index contributed by atoms with van der Waals surface area (Å²) < 4.78 is 29.1. The molecule has 0 spiro atoms. The Bertz CT molecular complexity index is 1130. The highest BCUT2D eigenvalue weighted by atomic mass is 32.2. The first-order chi connectivity index (χ1) is 15.9. The van der Waals surface area contributed by atoms with Gasteiger partial charge in [0.25, 0.3) is 0 Å². The van der Waals surface area contributed by atoms with E-state index in [-0.39, 0.29) is 11.8 Å². The number of ether oxygens (including phenoxy) is 1. The van der Waals surface area contributed by atoms with Crippen LogP contribution in [0.5, 0.6) is 0 Å². The SMILES string of the molecule is CCOC(=O)CCCCc1c(CNCS(=O)[O-])nn2c(CC)ccc2c1-c1cncc(C)c1. The van der Waals surface area contributed by atoms with Gasteiger partial charge in [0.2, 0.25) is 0 Å². The van der Waals surface area contributed by atoms with Crippen LogP contribution in [0.1, 0.15) is 55.6 Å². The highest BCUT2D eigenvalue weighted by Crippen LogP contribution is 2.33. The largest absolute Gasteiger partial charge is 0.771 e. The lowest BCUT2D eigenvalue weighted by molar-refractivity contribution is -0.143. The number of pyridine rings is 1. The molecule has 178 valence electrons. The van der Waals surface area contributed by atoms with E-state index in [1.807, 2.05) is 23.8 Å². The maximum Gasteiger partial charge on any atom is 0.305 e. The van der Waals surface area contributed by atoms with E-state index >= 15 is 0 Å². The van der Waals surface area contributed by atoms with E-state index in [1.165, 1.54) is 0 Å². The van der Waals surface area contributed by atoms with Gasteiger partial charge in [0.15, 0.2) is 0 Å². The molecule has 0 aliphatic carbocycles. The molecule has 0 amide bonds. The molecule has 0 aliphatic heterocycles. The topological polar surface area (TPSA) is 109 Å². The predicted octanol–water partition coefficient (Wildman–Crippen LogP) is 3.47. The fourth-order valence-electron chi connectivity index (χ4n) is 4.01. The molecule has 3 heterocycles. The number of carbonyl (C=O) groups is 1. The molecule has 0 bridgehead atoms. The van der Waals surface area contributed by atoms with E-state index in [0.717, 1.165) is 52.0 Å². The number of fused-ring (bicyclic) bond motifs is 1. The van der Waals surface area contributed by atoms with Crippen LogP contribution < -0.4 is 5.32 Å². The normalized spacial score (nSPS) is 12.2. The van der Waals surface area contributed by atoms with Crippen molar-refractivity contribution >= 4 is 22.6 Å². The number of aryl methyl sites for hydroxylation is 2. The van der Waals surface area contributed by atoms with Crippen LogP contribution >= 0.6 is 0 Å². The summed E-state index contributed by atoms with van der Waals surface area (Å²) in [5.74, 6) is -0.330. The van der Waals surface area contributed by atoms with E-state index in [1.54, 1.807) is 6.92 Å². The molecule has 8 nitrogen and oxygen atoms in total. The third-order valence-electron chi connectivity index (χ3n) is 5.46. The molecule has 0 aliphatic rings. The number of unbranched alkanes of at least 4 members (excludes halogenated alkanes) is 1. The van der Waals surface area contributed by atoms with Crippen LogP contribution in [0.2, 0.25) is 0 Å². The zero-order valence-corrected chi connectivity index (χ0v) is 20.2. The van der Waals surface area contributed by atoms with Gasteiger partial charge < -0.3 is 14.6 Å². The molecule has 0 fully saturated rings. The number of rotatable bonds is 12. The first-order valence-corrected chi connectivity index (χ1v) is 12.6. The maximum absolute atomic E-state index is 11.7. The predicted molar refractivity (Wildman–Crippen MR) is 127 cm³/mol. The van der Waals surface area contributed by atoms with Crippen LogP contribution in [0, 0.1) is 6.92 Å². The van der Waals surface area contributed by atoms with Crippen molar-refractivity contribution in [3.05, 3.63) is 53.1 Å². The second kappa shape index (κ2) is 12.0. The third-order valence-corrected chi connectivity index (χ3v) is 5.90. The number of hydrogen-bond donors (Lipinski definition) is 1. The van der Waals surface area contributed by atoms with Gasteiger partial charge in [-0.2, -0.15) is 5.10 Å².